The Hall–Kier alpha value is -2.82. The minimum absolute atomic E-state index is 0.0294. The number of amides is 1. The maximum absolute atomic E-state index is 12.6. The Kier molecular flexibility index (Phi) is 10.5. The normalized spacial score (nSPS) is 31.3. The highest BCUT2D eigenvalue weighted by molar-refractivity contribution is 7.74. The van der Waals surface area contributed by atoms with Crippen LogP contribution in [0.25, 0.3) is 11.2 Å². The van der Waals surface area contributed by atoms with Crippen LogP contribution in [-0.2, 0) is 36.5 Å². The van der Waals surface area contributed by atoms with Gasteiger partial charge in [0.25, 0.3) is 12.1 Å². The first-order chi connectivity index (χ1) is 22.4. The number of aliphatic hydroxyl groups excluding tert-OH is 4. The van der Waals surface area contributed by atoms with Crippen molar-refractivity contribution in [1.29, 1.82) is 0 Å². The maximum atomic E-state index is 12.6. The van der Waals surface area contributed by atoms with E-state index in [2.05, 4.69) is 23.8 Å². The van der Waals surface area contributed by atoms with Gasteiger partial charge in [0.15, 0.2) is 42.1 Å². The molecule has 11 atom stereocenters. The fourth-order valence-corrected chi connectivity index (χ4v) is 9.90. The van der Waals surface area contributed by atoms with Crippen molar-refractivity contribution in [2.75, 3.05) is 24.9 Å². The molecule has 11 N–H and O–H groups in total. The number of hydrogen-bond donors (Lipinski definition) is 9. The molecule has 0 saturated carbocycles. The monoisotopic (exact) mass is 742 g/mol. The number of imidazole rings is 1. The Morgan fingerprint density at radius 3 is 2.31 bits per heavy atom. The van der Waals surface area contributed by atoms with E-state index in [1.165, 1.54) is 40.0 Å². The summed E-state index contributed by atoms with van der Waals surface area (Å²) in [5.41, 5.74) is 11.3. The lowest BCUT2D eigenvalue weighted by Crippen LogP contribution is -2.46. The summed E-state index contributed by atoms with van der Waals surface area (Å²) in [6, 6.07) is 2.78. The Balaban J connectivity index is 1.14. The van der Waals surface area contributed by atoms with Gasteiger partial charge in [-0.15, -0.1) is 0 Å². The first-order valence-corrected chi connectivity index (χ1v) is 18.6. The van der Waals surface area contributed by atoms with E-state index in [-0.39, 0.29) is 22.5 Å². The number of pyridine rings is 1. The quantitative estimate of drug-likeness (QED) is 0.0631. The van der Waals surface area contributed by atoms with Crippen LogP contribution in [0.15, 0.2) is 37.2 Å². The third-order valence-electron chi connectivity index (χ3n) is 7.17. The summed E-state index contributed by atoms with van der Waals surface area (Å²) in [6.07, 6.45) is -7.29. The van der Waals surface area contributed by atoms with Gasteiger partial charge in [-0.1, -0.05) is 0 Å². The van der Waals surface area contributed by atoms with Crippen molar-refractivity contribution in [1.82, 2.24) is 19.5 Å². The zero-order chi connectivity index (χ0) is 35.2. The number of nitrogen functional groups attached to an aromatic ring is 1. The van der Waals surface area contributed by atoms with E-state index in [4.69, 9.17) is 25.5 Å². The predicted octanol–water partition coefficient (Wildman–Crippen LogP) is -2.79. The van der Waals surface area contributed by atoms with Gasteiger partial charge in [-0.05, 0) is 6.07 Å². The van der Waals surface area contributed by atoms with Crippen molar-refractivity contribution in [3.63, 3.8) is 0 Å². The third kappa shape index (κ3) is 7.97. The number of primary amides is 1. The molecule has 2 saturated heterocycles. The predicted molar refractivity (Wildman–Crippen MR) is 154 cm³/mol. The Morgan fingerprint density at radius 1 is 0.938 bits per heavy atom. The second-order valence-electron chi connectivity index (χ2n) is 10.6. The number of carbonyl (C=O) groups excluding carboxylic acids is 1. The Bertz CT molecular complexity index is 1820. The highest BCUT2D eigenvalue weighted by Crippen LogP contribution is 2.66. The summed E-state index contributed by atoms with van der Waals surface area (Å²) in [6.45, 7) is -1.88. The Labute approximate surface area is 268 Å². The molecule has 264 valence electrons. The molecule has 0 spiro atoms. The molecule has 2 fully saturated rings. The van der Waals surface area contributed by atoms with Crippen molar-refractivity contribution in [3.05, 3.63) is 42.7 Å². The lowest BCUT2D eigenvalue weighted by Gasteiger charge is -2.21. The van der Waals surface area contributed by atoms with Gasteiger partial charge in [-0.3, -0.25) is 23.0 Å². The van der Waals surface area contributed by atoms with Crippen molar-refractivity contribution < 1.29 is 81.0 Å². The first kappa shape index (κ1) is 36.5. The summed E-state index contributed by atoms with van der Waals surface area (Å²) in [4.78, 5) is 53.6. The highest BCUT2D eigenvalue weighted by Gasteiger charge is 2.50. The van der Waals surface area contributed by atoms with Gasteiger partial charge < -0.3 is 60.6 Å². The van der Waals surface area contributed by atoms with Gasteiger partial charge in [0.1, 0.15) is 47.9 Å². The second kappa shape index (κ2) is 13.8. The minimum atomic E-state index is -5.50. The number of rotatable bonds is 13. The van der Waals surface area contributed by atoms with E-state index >= 15 is 0 Å². The summed E-state index contributed by atoms with van der Waals surface area (Å²) < 4.78 is 64.7. The molecule has 0 radical (unpaired) electrons. The molecule has 3 aromatic rings. The number of carbonyl (C=O) groups is 1. The molecule has 26 heteroatoms. The minimum Gasteiger partial charge on any atom is -0.387 e. The van der Waals surface area contributed by atoms with E-state index in [0.29, 0.717) is 0 Å². The van der Waals surface area contributed by atoms with Crippen LogP contribution < -0.4 is 16.0 Å². The molecule has 0 aromatic carbocycles. The molecule has 5 heterocycles. The Morgan fingerprint density at radius 2 is 1.60 bits per heavy atom. The molecule has 3 aromatic heterocycles. The van der Waals surface area contributed by atoms with Crippen molar-refractivity contribution in [2.45, 2.75) is 49.1 Å². The first-order valence-electron chi connectivity index (χ1n) is 13.6. The molecular weight excluding hydrogens is 711 g/mol. The largest absolute Gasteiger partial charge is 0.479 e. The highest BCUT2D eigenvalue weighted by atomic mass is 31.3. The number of phosphoric acid groups is 1. The van der Waals surface area contributed by atoms with Gasteiger partial charge in [-0.25, -0.2) is 23.8 Å². The number of phosphoric ester groups is 1. The van der Waals surface area contributed by atoms with Gasteiger partial charge in [0, 0.05) is 6.07 Å². The van der Waals surface area contributed by atoms with Crippen molar-refractivity contribution >= 4 is 45.9 Å². The van der Waals surface area contributed by atoms with Crippen LogP contribution in [-0.4, -0.2) is 116 Å². The molecular formula is C22H31N7O16P3+. The summed E-state index contributed by atoms with van der Waals surface area (Å²) in [7, 11) is -16.1. The number of hydrogen-bond acceptors (Lipinski definition) is 17. The molecule has 2 aliphatic rings. The summed E-state index contributed by atoms with van der Waals surface area (Å²) >= 11 is 0. The molecule has 3 unspecified atom stereocenters. The number of nitrogens with two attached hydrogens (primary N) is 2. The van der Waals surface area contributed by atoms with E-state index in [1.54, 1.807) is 0 Å². The average Bonchev–Trinajstić information content (AvgIpc) is 3.64. The smallest absolute Gasteiger partial charge is 0.387 e. The third-order valence-corrected chi connectivity index (χ3v) is 12.9. The van der Waals surface area contributed by atoms with Gasteiger partial charge in [0.05, 0.1) is 19.5 Å². The fraction of sp³-hybridized carbons (Fsp3) is 0.500. The lowest BCUT2D eigenvalue weighted by molar-refractivity contribution is -0.765. The SMILES string of the molecule is NC(=O)c1ccc[n+]([C@@H]2O[C@H](COP(=O)(O)OP(=O)(O)CP(=O)(O)OC[C@H]3O[C@@H](n4cnc5c(N)ncnc54)[C@H](O)[C@@H]3O)[C@@H](O)[C@H]2O)c1. The second-order valence-corrected chi connectivity index (χ2v) is 16.4. The molecule has 0 aliphatic carbocycles. The van der Waals surface area contributed by atoms with Crippen LogP contribution in [0.4, 0.5) is 5.82 Å². The summed E-state index contributed by atoms with van der Waals surface area (Å²) in [5, 5.41) is 41.7. The van der Waals surface area contributed by atoms with Gasteiger partial charge >= 0.3 is 23.0 Å². The molecule has 48 heavy (non-hydrogen) atoms. The number of aliphatic hydroxyl groups is 4. The van der Waals surface area contributed by atoms with Crippen LogP contribution in [0.2, 0.25) is 0 Å². The number of ether oxygens (including phenoxy) is 2. The van der Waals surface area contributed by atoms with Crippen LogP contribution in [0.1, 0.15) is 22.8 Å². The zero-order valence-electron chi connectivity index (χ0n) is 24.2. The number of fused-ring (bicyclic) bond motifs is 1. The van der Waals surface area contributed by atoms with E-state index in [0.717, 1.165) is 6.33 Å². The van der Waals surface area contributed by atoms with E-state index < -0.39 is 97.1 Å². The molecule has 5 rings (SSSR count). The molecule has 2 aliphatic heterocycles. The number of nitrogens with zero attached hydrogens (tertiary/aromatic N) is 5. The van der Waals surface area contributed by atoms with Crippen LogP contribution in [0.3, 0.4) is 0 Å². The van der Waals surface area contributed by atoms with Crippen LogP contribution in [0, 0.1) is 0 Å². The fourth-order valence-electron chi connectivity index (χ4n) is 4.90. The topological polar surface area (TPSA) is 356 Å². The maximum Gasteiger partial charge on any atom is 0.479 e. The number of anilines is 1. The molecule has 23 nitrogen and oxygen atoms in total. The number of aromatic nitrogens is 5. The lowest BCUT2D eigenvalue weighted by atomic mass is 10.1. The standard InChI is InChI=1S/C22H30N7O16P3/c23-18-13-20(26-7-25-18)29(8-27-13)22-17(33)15(31)11(44-22)5-41-46(35,36)9-47(37,38)45-48(39,40)42-6-12-14(30)16(32)21(43-12)28-3-1-2-10(4-28)19(24)34/h1-4,7-8,11-12,14-17,21-22,30-33H,5-6,9H2,(H6-,23,24,25,26,34,35,36,37,38,39,40)/p+1/t11-,12-,14-,15-,16-,17-,21-,22-/m1/s1. The van der Waals surface area contributed by atoms with Gasteiger partial charge in [-0.2, -0.15) is 4.57 Å². The van der Waals surface area contributed by atoms with E-state index in [9.17, 15) is 53.6 Å². The van der Waals surface area contributed by atoms with Crippen molar-refractivity contribution in [3.8, 4) is 0 Å². The van der Waals surface area contributed by atoms with Crippen LogP contribution >= 0.6 is 23.0 Å². The zero-order valence-corrected chi connectivity index (χ0v) is 26.9. The van der Waals surface area contributed by atoms with Crippen LogP contribution in [0.5, 0.6) is 0 Å². The summed E-state index contributed by atoms with van der Waals surface area (Å²) in [5.74, 6) is -2.48. The van der Waals surface area contributed by atoms with Gasteiger partial charge in [0.2, 0.25) is 0 Å². The van der Waals surface area contributed by atoms with E-state index in [1.807, 2.05) is 0 Å². The molecule has 0 bridgehead atoms. The average molecular weight is 742 g/mol. The molecule has 1 amide bonds. The van der Waals surface area contributed by atoms with Crippen molar-refractivity contribution in [2.24, 2.45) is 5.73 Å².